The molecule has 19 nitrogen and oxygen atoms in total. The van der Waals surface area contributed by atoms with E-state index < -0.39 is 79.0 Å². The van der Waals surface area contributed by atoms with Crippen LogP contribution in [-0.4, -0.2) is 105 Å². The Labute approximate surface area is 493 Å². The minimum absolute atomic E-state index is 0.00441. The van der Waals surface area contributed by atoms with Crippen molar-refractivity contribution in [1.82, 2.24) is 32.0 Å². The molecule has 6 aromatic rings. The first kappa shape index (κ1) is 62.4. The van der Waals surface area contributed by atoms with Gasteiger partial charge in [0.25, 0.3) is 11.8 Å². The molecule has 0 aromatic heterocycles. The van der Waals surface area contributed by atoms with E-state index in [1.54, 1.807) is 0 Å². The number of benzene rings is 6. The molecule has 440 valence electrons. The van der Waals surface area contributed by atoms with Crippen molar-refractivity contribution in [2.75, 3.05) is 39.5 Å². The molecule has 8 rings (SSSR count). The van der Waals surface area contributed by atoms with Gasteiger partial charge in [0, 0.05) is 11.8 Å². The van der Waals surface area contributed by atoms with Crippen molar-refractivity contribution >= 4 is 53.5 Å². The zero-order valence-corrected chi connectivity index (χ0v) is 47.4. The fraction of sp³-hybridized carbons (Fsp3) is 0.258. The molecule has 6 N–H and O–H groups in total. The molecule has 85 heavy (non-hydrogen) atoms. The van der Waals surface area contributed by atoms with E-state index in [0.717, 1.165) is 55.6 Å². The van der Waals surface area contributed by atoms with E-state index in [9.17, 15) is 38.4 Å². The lowest BCUT2D eigenvalue weighted by Crippen LogP contribution is -2.50. The SMILES string of the molecule is C=CCOC(=O)CNC(=O)C(=NNC(=O)NC(c1ccccc1)c1ccccc1)C(CCC)NC(=O)OCC1c2ccccc2-c2ccccc21.C=CCOC(=O)CNC(=O)C(=O)C(CCC)NC(=O)OCC1c2ccccc2-c2ccccc21. The van der Waals surface area contributed by atoms with Crippen molar-refractivity contribution in [2.24, 2.45) is 5.10 Å². The number of fused-ring (bicyclic) bond motifs is 6. The highest BCUT2D eigenvalue weighted by Gasteiger charge is 2.33. The zero-order valence-electron chi connectivity index (χ0n) is 47.4. The number of amides is 6. The quantitative estimate of drug-likeness (QED) is 0.00742. The number of hydrazone groups is 1. The Kier molecular flexibility index (Phi) is 23.4. The Balaban J connectivity index is 0.000000264. The number of hydrogen-bond acceptors (Lipinski definition) is 13. The summed E-state index contributed by atoms with van der Waals surface area (Å²) in [5, 5.41) is 17.0. The maximum absolute atomic E-state index is 13.5. The van der Waals surface area contributed by atoms with Gasteiger partial charge in [-0.05, 0) is 68.5 Å². The highest BCUT2D eigenvalue weighted by atomic mass is 16.6. The van der Waals surface area contributed by atoms with Crippen LogP contribution in [0.3, 0.4) is 0 Å². The van der Waals surface area contributed by atoms with Crippen LogP contribution in [0.5, 0.6) is 0 Å². The number of ether oxygens (including phenoxy) is 4. The lowest BCUT2D eigenvalue weighted by atomic mass is 9.98. The van der Waals surface area contributed by atoms with E-state index in [0.29, 0.717) is 12.8 Å². The molecule has 0 aliphatic heterocycles. The lowest BCUT2D eigenvalue weighted by Gasteiger charge is -2.22. The standard InChI is InChI=1S/C40H41N5O6.C26H28N2O6/c1-3-15-34(42-40(49)51-26-33-31-22-13-11-20-29(31)30-21-12-14-23-32(30)33)37(38(47)41-25-35(46)50-24-4-2)44-45-39(48)43-36(27-16-7-5-8-17-27)28-18-9-6-10-19-28;1-3-9-22(24(30)25(31)27-15-23(29)33-14-4-2)28-26(32)34-16-21-19-12-7-5-10-17(19)18-11-6-8-13-20(18)21/h4-14,16-23,33-34,36H,2-3,15,24-26H2,1H3,(H,41,47)(H,42,49)(H2,43,45,48);4-8,10-13,21-22H,2-3,9,14-16H2,1H3,(H,27,31)(H,28,32). The van der Waals surface area contributed by atoms with Crippen molar-refractivity contribution in [3.8, 4) is 22.3 Å². The van der Waals surface area contributed by atoms with Crippen LogP contribution in [0.4, 0.5) is 14.4 Å². The number of Topliss-reactive ketones (excluding diaryl/α,β-unsaturated/α-hetero) is 1. The van der Waals surface area contributed by atoms with E-state index >= 15 is 0 Å². The number of urea groups is 1. The minimum Gasteiger partial charge on any atom is -0.460 e. The summed E-state index contributed by atoms with van der Waals surface area (Å²) in [4.78, 5) is 101. The summed E-state index contributed by atoms with van der Waals surface area (Å²) in [5.74, 6) is -4.30. The van der Waals surface area contributed by atoms with E-state index in [-0.39, 0.29) is 56.8 Å². The van der Waals surface area contributed by atoms with Crippen molar-refractivity contribution in [3.05, 3.63) is 216 Å². The number of ketones is 1. The molecule has 0 saturated heterocycles. The van der Waals surface area contributed by atoms with Crippen LogP contribution in [0.25, 0.3) is 22.3 Å². The number of nitrogens with one attached hydrogen (secondary N) is 6. The molecule has 6 aromatic carbocycles. The van der Waals surface area contributed by atoms with Gasteiger partial charge in [0.2, 0.25) is 5.78 Å². The number of alkyl carbamates (subject to hydrolysis) is 2. The van der Waals surface area contributed by atoms with Crippen LogP contribution in [-0.2, 0) is 42.9 Å². The fourth-order valence-electron chi connectivity index (χ4n) is 9.95. The van der Waals surface area contributed by atoms with Crippen LogP contribution < -0.4 is 32.0 Å². The average Bonchev–Trinajstić information content (AvgIpc) is 2.00. The summed E-state index contributed by atoms with van der Waals surface area (Å²) < 4.78 is 20.9. The Morgan fingerprint density at radius 1 is 0.482 bits per heavy atom. The molecule has 2 aliphatic carbocycles. The second-order valence-corrected chi connectivity index (χ2v) is 19.6. The normalized spacial score (nSPS) is 12.6. The van der Waals surface area contributed by atoms with Gasteiger partial charge in [-0.3, -0.25) is 24.0 Å². The maximum Gasteiger partial charge on any atom is 0.407 e. The van der Waals surface area contributed by atoms with Gasteiger partial charge >= 0.3 is 30.2 Å². The van der Waals surface area contributed by atoms with Crippen LogP contribution >= 0.6 is 0 Å². The van der Waals surface area contributed by atoms with Gasteiger partial charge in [-0.2, -0.15) is 5.10 Å². The monoisotopic (exact) mass is 1150 g/mol. The van der Waals surface area contributed by atoms with Gasteiger partial charge < -0.3 is 45.5 Å². The van der Waals surface area contributed by atoms with Crippen LogP contribution in [0.15, 0.2) is 188 Å². The van der Waals surface area contributed by atoms with Crippen LogP contribution in [0.1, 0.15) is 90.8 Å². The smallest absolute Gasteiger partial charge is 0.407 e. The maximum atomic E-state index is 13.5. The second kappa shape index (κ2) is 31.9. The van der Waals surface area contributed by atoms with Crippen LogP contribution in [0, 0.1) is 0 Å². The lowest BCUT2D eigenvalue weighted by molar-refractivity contribution is -0.144. The number of esters is 2. The predicted octanol–water partition coefficient (Wildman–Crippen LogP) is 9.09. The summed E-state index contributed by atoms with van der Waals surface area (Å²) in [6, 6.07) is 47.5. The van der Waals surface area contributed by atoms with Crippen molar-refractivity contribution in [2.45, 2.75) is 69.5 Å². The van der Waals surface area contributed by atoms with Crippen molar-refractivity contribution in [3.63, 3.8) is 0 Å². The first-order valence-electron chi connectivity index (χ1n) is 28.0. The first-order valence-corrected chi connectivity index (χ1v) is 28.0. The summed E-state index contributed by atoms with van der Waals surface area (Å²) >= 11 is 0. The van der Waals surface area contributed by atoms with Gasteiger partial charge in [0.05, 0.1) is 12.1 Å². The third-order valence-electron chi connectivity index (χ3n) is 13.9. The summed E-state index contributed by atoms with van der Waals surface area (Å²) in [6.45, 7) is 9.84. The number of hydrogen-bond donors (Lipinski definition) is 6. The summed E-state index contributed by atoms with van der Waals surface area (Å²) in [7, 11) is 0. The summed E-state index contributed by atoms with van der Waals surface area (Å²) in [6.07, 6.45) is 2.86. The zero-order chi connectivity index (χ0) is 60.5. The highest BCUT2D eigenvalue weighted by Crippen LogP contribution is 2.45. The Bertz CT molecular complexity index is 3240. The third-order valence-corrected chi connectivity index (χ3v) is 13.9. The van der Waals surface area contributed by atoms with Gasteiger partial charge in [-0.15, -0.1) is 0 Å². The molecule has 0 fully saturated rings. The number of carbonyl (C=O) groups excluding carboxylic acids is 8. The van der Waals surface area contributed by atoms with Crippen molar-refractivity contribution < 1.29 is 57.3 Å². The molecule has 0 bridgehead atoms. The summed E-state index contributed by atoms with van der Waals surface area (Å²) in [5.41, 5.74) is 12.5. The van der Waals surface area contributed by atoms with E-state index in [4.69, 9.17) is 18.9 Å². The molecule has 2 aliphatic rings. The third kappa shape index (κ3) is 17.2. The molecule has 0 spiro atoms. The molecule has 19 heteroatoms. The predicted molar refractivity (Wildman–Crippen MR) is 321 cm³/mol. The molecular formula is C66H69N7O12. The second-order valence-electron chi connectivity index (χ2n) is 19.6. The van der Waals surface area contributed by atoms with Crippen molar-refractivity contribution in [1.29, 1.82) is 0 Å². The minimum atomic E-state index is -1.06. The van der Waals surface area contributed by atoms with E-state index in [1.807, 2.05) is 172 Å². The molecule has 0 saturated carbocycles. The molecule has 2 atom stereocenters. The Morgan fingerprint density at radius 2 is 0.859 bits per heavy atom. The first-order chi connectivity index (χ1) is 41.3. The molecule has 0 radical (unpaired) electrons. The van der Waals surface area contributed by atoms with Gasteiger partial charge in [-0.25, -0.2) is 19.8 Å². The van der Waals surface area contributed by atoms with E-state index in [1.165, 1.54) is 12.2 Å². The van der Waals surface area contributed by atoms with E-state index in [2.05, 4.69) is 50.3 Å². The van der Waals surface area contributed by atoms with Gasteiger partial charge in [0.15, 0.2) is 0 Å². The van der Waals surface area contributed by atoms with Crippen LogP contribution in [0.2, 0.25) is 0 Å². The Hall–Kier alpha value is -10.2. The molecular weight excluding hydrogens is 1080 g/mol. The topological polar surface area (TPSA) is 258 Å². The number of nitrogens with zero attached hydrogens (tertiary/aromatic N) is 1. The molecule has 6 amide bonds. The number of rotatable bonds is 26. The van der Waals surface area contributed by atoms with Gasteiger partial charge in [0.1, 0.15) is 51.3 Å². The Morgan fingerprint density at radius 3 is 1.27 bits per heavy atom. The van der Waals surface area contributed by atoms with Gasteiger partial charge in [-0.1, -0.05) is 210 Å². The average molecular weight is 1150 g/mol. The largest absolute Gasteiger partial charge is 0.460 e. The highest BCUT2D eigenvalue weighted by molar-refractivity contribution is 6.41. The fourth-order valence-corrected chi connectivity index (χ4v) is 9.95. The number of carbonyl (C=O) groups is 8. The molecule has 2 unspecified atom stereocenters. The molecule has 0 heterocycles.